The van der Waals surface area contributed by atoms with Gasteiger partial charge in [-0.3, -0.25) is 4.79 Å². The molecule has 0 aliphatic carbocycles. The zero-order valence-corrected chi connectivity index (χ0v) is 11.8. The van der Waals surface area contributed by atoms with Gasteiger partial charge in [-0.15, -0.1) is 0 Å². The Bertz CT molecular complexity index is 562. The first-order valence-electron chi connectivity index (χ1n) is 5.78. The zero-order chi connectivity index (χ0) is 13.8. The highest BCUT2D eigenvalue weighted by Gasteiger charge is 2.16. The minimum absolute atomic E-state index is 0.0911. The number of halogens is 2. The van der Waals surface area contributed by atoms with Crippen molar-refractivity contribution in [3.05, 3.63) is 64.1 Å². The molecule has 98 valence electrons. The van der Waals surface area contributed by atoms with Crippen LogP contribution in [0.5, 0.6) is 5.75 Å². The molecule has 0 radical (unpaired) electrons. The Balaban J connectivity index is 2.07. The SMILES string of the molecule is C[C@@H](Oc1ccc(Cl)cc1)C(=O)c1ccc(Cl)cc1. The summed E-state index contributed by atoms with van der Waals surface area (Å²) in [5, 5.41) is 1.23. The van der Waals surface area contributed by atoms with Crippen LogP contribution in [0.4, 0.5) is 0 Å². The van der Waals surface area contributed by atoms with Crippen molar-refractivity contribution >= 4 is 29.0 Å². The number of carbonyl (C=O) groups is 1. The molecule has 0 saturated heterocycles. The van der Waals surface area contributed by atoms with Crippen molar-refractivity contribution in [3.8, 4) is 5.75 Å². The van der Waals surface area contributed by atoms with Crippen molar-refractivity contribution in [1.82, 2.24) is 0 Å². The Morgan fingerprint density at radius 2 is 1.42 bits per heavy atom. The number of Topliss-reactive ketones (excluding diaryl/α,β-unsaturated/α-hetero) is 1. The van der Waals surface area contributed by atoms with Gasteiger partial charge in [0.05, 0.1) is 0 Å². The van der Waals surface area contributed by atoms with Gasteiger partial charge in [0, 0.05) is 15.6 Å². The van der Waals surface area contributed by atoms with Crippen molar-refractivity contribution < 1.29 is 9.53 Å². The lowest BCUT2D eigenvalue weighted by molar-refractivity contribution is 0.0818. The van der Waals surface area contributed by atoms with Gasteiger partial charge >= 0.3 is 0 Å². The Labute approximate surface area is 121 Å². The van der Waals surface area contributed by atoms with Crippen LogP contribution in [0.2, 0.25) is 10.0 Å². The summed E-state index contributed by atoms with van der Waals surface area (Å²) in [6.07, 6.45) is -0.567. The van der Waals surface area contributed by atoms with Gasteiger partial charge < -0.3 is 4.74 Å². The number of ether oxygens (including phenoxy) is 1. The van der Waals surface area contributed by atoms with Crippen LogP contribution in [0.25, 0.3) is 0 Å². The molecule has 0 unspecified atom stereocenters. The molecule has 0 amide bonds. The zero-order valence-electron chi connectivity index (χ0n) is 10.3. The van der Waals surface area contributed by atoms with Gasteiger partial charge in [-0.2, -0.15) is 0 Å². The first-order valence-corrected chi connectivity index (χ1v) is 6.54. The number of rotatable bonds is 4. The van der Waals surface area contributed by atoms with Crippen LogP contribution in [0.15, 0.2) is 48.5 Å². The van der Waals surface area contributed by atoms with Gasteiger partial charge in [-0.05, 0) is 55.5 Å². The van der Waals surface area contributed by atoms with Crippen molar-refractivity contribution in [1.29, 1.82) is 0 Å². The first kappa shape index (κ1) is 13.9. The largest absolute Gasteiger partial charge is 0.483 e. The quantitative estimate of drug-likeness (QED) is 0.768. The number of carbonyl (C=O) groups excluding carboxylic acids is 1. The molecular weight excluding hydrogens is 283 g/mol. The van der Waals surface area contributed by atoms with E-state index < -0.39 is 6.10 Å². The molecule has 0 heterocycles. The third kappa shape index (κ3) is 3.72. The summed E-state index contributed by atoms with van der Waals surface area (Å²) in [6, 6.07) is 13.6. The van der Waals surface area contributed by atoms with E-state index in [0.29, 0.717) is 21.4 Å². The third-order valence-electron chi connectivity index (χ3n) is 2.62. The van der Waals surface area contributed by atoms with E-state index >= 15 is 0 Å². The maximum atomic E-state index is 12.1. The molecule has 1 atom stereocenters. The van der Waals surface area contributed by atoms with Crippen LogP contribution in [0.1, 0.15) is 17.3 Å². The summed E-state index contributed by atoms with van der Waals surface area (Å²) in [6.45, 7) is 1.71. The second kappa shape index (κ2) is 6.09. The van der Waals surface area contributed by atoms with Gasteiger partial charge in [0.2, 0.25) is 5.78 Å². The van der Waals surface area contributed by atoms with Crippen LogP contribution < -0.4 is 4.74 Å². The Morgan fingerprint density at radius 1 is 0.947 bits per heavy atom. The number of benzene rings is 2. The van der Waals surface area contributed by atoms with E-state index in [1.54, 1.807) is 55.5 Å². The predicted molar refractivity (Wildman–Crippen MR) is 77.3 cm³/mol. The van der Waals surface area contributed by atoms with E-state index in [1.165, 1.54) is 0 Å². The molecular formula is C15H12Cl2O2. The number of hydrogen-bond donors (Lipinski definition) is 0. The molecule has 2 aromatic rings. The van der Waals surface area contributed by atoms with E-state index in [4.69, 9.17) is 27.9 Å². The summed E-state index contributed by atoms with van der Waals surface area (Å²) in [5.74, 6) is 0.519. The minimum Gasteiger partial charge on any atom is -0.483 e. The summed E-state index contributed by atoms with van der Waals surface area (Å²) in [5.41, 5.74) is 0.575. The normalized spacial score (nSPS) is 11.9. The van der Waals surface area contributed by atoms with Crippen LogP contribution in [-0.4, -0.2) is 11.9 Å². The van der Waals surface area contributed by atoms with E-state index in [9.17, 15) is 4.79 Å². The molecule has 4 heteroatoms. The maximum Gasteiger partial charge on any atom is 0.202 e. The number of hydrogen-bond acceptors (Lipinski definition) is 2. The van der Waals surface area contributed by atoms with Crippen LogP contribution in [0.3, 0.4) is 0 Å². The van der Waals surface area contributed by atoms with Crippen LogP contribution >= 0.6 is 23.2 Å². The highest BCUT2D eigenvalue weighted by atomic mass is 35.5. The Kier molecular flexibility index (Phi) is 4.46. The molecule has 19 heavy (non-hydrogen) atoms. The monoisotopic (exact) mass is 294 g/mol. The fourth-order valence-corrected chi connectivity index (χ4v) is 1.87. The highest BCUT2D eigenvalue weighted by Crippen LogP contribution is 2.18. The molecule has 0 N–H and O–H groups in total. The average molecular weight is 295 g/mol. The molecule has 0 aromatic heterocycles. The van der Waals surface area contributed by atoms with Gasteiger partial charge in [0.1, 0.15) is 5.75 Å². The topological polar surface area (TPSA) is 26.3 Å². The van der Waals surface area contributed by atoms with Crippen LogP contribution in [0, 0.1) is 0 Å². The predicted octanol–water partition coefficient (Wildman–Crippen LogP) is 4.64. The van der Waals surface area contributed by atoms with Crippen molar-refractivity contribution in [3.63, 3.8) is 0 Å². The summed E-state index contributed by atoms with van der Waals surface area (Å²) in [4.78, 5) is 12.1. The molecule has 0 spiro atoms. The summed E-state index contributed by atoms with van der Waals surface area (Å²) in [7, 11) is 0. The molecule has 2 nitrogen and oxygen atoms in total. The van der Waals surface area contributed by atoms with E-state index in [1.807, 2.05) is 0 Å². The van der Waals surface area contributed by atoms with Gasteiger partial charge in [-0.25, -0.2) is 0 Å². The standard InChI is InChI=1S/C15H12Cl2O2/c1-10(19-14-8-6-13(17)7-9-14)15(18)11-2-4-12(16)5-3-11/h2-10H,1H3/t10-/m1/s1. The first-order chi connectivity index (χ1) is 9.06. The third-order valence-corrected chi connectivity index (χ3v) is 3.13. The number of ketones is 1. The molecule has 0 aliphatic rings. The highest BCUT2D eigenvalue weighted by molar-refractivity contribution is 6.30. The van der Waals surface area contributed by atoms with E-state index in [0.717, 1.165) is 0 Å². The van der Waals surface area contributed by atoms with E-state index in [2.05, 4.69) is 0 Å². The van der Waals surface area contributed by atoms with E-state index in [-0.39, 0.29) is 5.78 Å². The molecule has 2 aromatic carbocycles. The molecule has 0 aliphatic heterocycles. The minimum atomic E-state index is -0.567. The second-order valence-corrected chi connectivity index (χ2v) is 4.96. The second-order valence-electron chi connectivity index (χ2n) is 4.09. The Morgan fingerprint density at radius 3 is 1.95 bits per heavy atom. The molecule has 0 fully saturated rings. The van der Waals surface area contributed by atoms with Crippen LogP contribution in [-0.2, 0) is 0 Å². The maximum absolute atomic E-state index is 12.1. The average Bonchev–Trinajstić information content (AvgIpc) is 2.41. The van der Waals surface area contributed by atoms with Crippen molar-refractivity contribution in [2.24, 2.45) is 0 Å². The lowest BCUT2D eigenvalue weighted by Gasteiger charge is -2.13. The molecule has 2 rings (SSSR count). The molecule has 0 bridgehead atoms. The smallest absolute Gasteiger partial charge is 0.202 e. The lowest BCUT2D eigenvalue weighted by Crippen LogP contribution is -2.23. The Hall–Kier alpha value is -1.51. The fourth-order valence-electron chi connectivity index (χ4n) is 1.62. The van der Waals surface area contributed by atoms with Crippen molar-refractivity contribution in [2.75, 3.05) is 0 Å². The van der Waals surface area contributed by atoms with Gasteiger partial charge in [0.25, 0.3) is 0 Å². The summed E-state index contributed by atoms with van der Waals surface area (Å²) < 4.78 is 5.57. The lowest BCUT2D eigenvalue weighted by atomic mass is 10.1. The summed E-state index contributed by atoms with van der Waals surface area (Å²) >= 11 is 11.6. The van der Waals surface area contributed by atoms with Gasteiger partial charge in [-0.1, -0.05) is 23.2 Å². The molecule has 0 saturated carbocycles. The van der Waals surface area contributed by atoms with Crippen molar-refractivity contribution in [2.45, 2.75) is 13.0 Å². The fraction of sp³-hybridized carbons (Fsp3) is 0.133. The van der Waals surface area contributed by atoms with Gasteiger partial charge in [0.15, 0.2) is 6.10 Å².